The summed E-state index contributed by atoms with van der Waals surface area (Å²) in [6.07, 6.45) is -8.18. The van der Waals surface area contributed by atoms with Crippen molar-refractivity contribution in [2.45, 2.75) is 37.5 Å². The van der Waals surface area contributed by atoms with Gasteiger partial charge in [0, 0.05) is 18.7 Å². The maximum absolute atomic E-state index is 12.7. The summed E-state index contributed by atoms with van der Waals surface area (Å²) in [5, 5.41) is 0. The number of hydrogen-bond acceptors (Lipinski definition) is 1. The van der Waals surface area contributed by atoms with Crippen molar-refractivity contribution in [3.63, 3.8) is 0 Å². The van der Waals surface area contributed by atoms with Crippen LogP contribution in [0.2, 0.25) is 0 Å². The van der Waals surface area contributed by atoms with E-state index in [0.717, 1.165) is 43.5 Å². The first-order valence-electron chi connectivity index (χ1n) is 7.13. The first-order chi connectivity index (χ1) is 10.6. The van der Waals surface area contributed by atoms with Crippen LogP contribution in [0, 0.1) is 0 Å². The Kier molecular flexibility index (Phi) is 4.91. The highest BCUT2D eigenvalue weighted by atomic mass is 19.4. The van der Waals surface area contributed by atoms with Crippen molar-refractivity contribution in [2.24, 2.45) is 0 Å². The van der Waals surface area contributed by atoms with E-state index in [1.807, 2.05) is 0 Å². The maximum Gasteiger partial charge on any atom is 0.404 e. The van der Waals surface area contributed by atoms with Gasteiger partial charge in [-0.15, -0.1) is 0 Å². The molecule has 0 radical (unpaired) electrons. The van der Waals surface area contributed by atoms with Gasteiger partial charge in [-0.25, -0.2) is 0 Å². The second-order valence-corrected chi connectivity index (χ2v) is 5.49. The number of alkyl halides is 6. The molecule has 1 saturated heterocycles. The Bertz CT molecular complexity index is 529. The molecule has 128 valence electrons. The summed E-state index contributed by atoms with van der Waals surface area (Å²) >= 11 is 0. The van der Waals surface area contributed by atoms with Crippen molar-refractivity contribution in [2.75, 3.05) is 13.1 Å². The minimum atomic E-state index is -5.43. The van der Waals surface area contributed by atoms with Gasteiger partial charge in [0.15, 0.2) is 5.92 Å². The third kappa shape index (κ3) is 4.17. The number of piperidine rings is 1. The Morgan fingerprint density at radius 3 is 1.78 bits per heavy atom. The predicted octanol–water partition coefficient (Wildman–Crippen LogP) is 4.52. The molecule has 0 N–H and O–H groups in total. The molecule has 8 heteroatoms. The zero-order valence-electron chi connectivity index (χ0n) is 12.0. The summed E-state index contributed by atoms with van der Waals surface area (Å²) in [6, 6.07) is 3.50. The average Bonchev–Trinajstić information content (AvgIpc) is 2.45. The molecule has 1 heterocycles. The van der Waals surface area contributed by atoms with Crippen molar-refractivity contribution in [1.29, 1.82) is 0 Å². The highest BCUT2D eigenvalue weighted by Gasteiger charge is 2.57. The van der Waals surface area contributed by atoms with E-state index < -0.39 is 23.8 Å². The van der Waals surface area contributed by atoms with Gasteiger partial charge >= 0.3 is 12.4 Å². The van der Waals surface area contributed by atoms with Crippen LogP contribution in [0.1, 0.15) is 41.1 Å². The Labute approximate surface area is 129 Å². The highest BCUT2D eigenvalue weighted by Crippen LogP contribution is 2.46. The first kappa shape index (κ1) is 17.6. The first-order valence-corrected chi connectivity index (χ1v) is 7.13. The lowest BCUT2D eigenvalue weighted by Gasteiger charge is -2.27. The largest absolute Gasteiger partial charge is 0.404 e. The van der Waals surface area contributed by atoms with Crippen molar-refractivity contribution in [1.82, 2.24) is 4.90 Å². The smallest absolute Gasteiger partial charge is 0.339 e. The number of likely N-dealkylation sites (tertiary alicyclic amines) is 1. The van der Waals surface area contributed by atoms with Gasteiger partial charge in [0.2, 0.25) is 0 Å². The van der Waals surface area contributed by atoms with E-state index >= 15 is 0 Å². The molecule has 0 saturated carbocycles. The number of rotatable bonds is 2. The molecule has 0 atom stereocenters. The summed E-state index contributed by atoms with van der Waals surface area (Å²) in [5.41, 5.74) is -0.820. The molecule has 1 amide bonds. The molecular formula is C15H15F6NO. The summed E-state index contributed by atoms with van der Waals surface area (Å²) in [7, 11) is 0. The third-order valence-corrected chi connectivity index (χ3v) is 3.79. The van der Waals surface area contributed by atoms with Gasteiger partial charge in [0.25, 0.3) is 5.91 Å². The Morgan fingerprint density at radius 2 is 1.35 bits per heavy atom. The minimum Gasteiger partial charge on any atom is -0.339 e. The van der Waals surface area contributed by atoms with Crippen LogP contribution in [0.15, 0.2) is 24.3 Å². The summed E-state index contributed by atoms with van der Waals surface area (Å²) in [4.78, 5) is 13.7. The average molecular weight is 339 g/mol. The fraction of sp³-hybridized carbons (Fsp3) is 0.533. The monoisotopic (exact) mass is 339 g/mol. The molecule has 0 bridgehead atoms. The lowest BCUT2D eigenvalue weighted by Crippen LogP contribution is -2.36. The van der Waals surface area contributed by atoms with E-state index in [0.29, 0.717) is 13.1 Å². The van der Waals surface area contributed by atoms with Crippen molar-refractivity contribution < 1.29 is 31.1 Å². The zero-order chi connectivity index (χ0) is 17.3. The van der Waals surface area contributed by atoms with Crippen LogP contribution in [0.4, 0.5) is 26.3 Å². The summed E-state index contributed by atoms with van der Waals surface area (Å²) < 4.78 is 75.9. The second-order valence-electron chi connectivity index (χ2n) is 5.49. The summed E-state index contributed by atoms with van der Waals surface area (Å²) in [5.74, 6) is -3.92. The van der Waals surface area contributed by atoms with Crippen LogP contribution in [-0.4, -0.2) is 36.2 Å². The molecule has 0 aromatic heterocycles. The number of nitrogens with zero attached hydrogens (tertiary/aromatic N) is 1. The molecule has 1 aliphatic heterocycles. The van der Waals surface area contributed by atoms with Gasteiger partial charge in [0.05, 0.1) is 0 Å². The highest BCUT2D eigenvalue weighted by molar-refractivity contribution is 5.94. The van der Waals surface area contributed by atoms with Crippen LogP contribution in [0.25, 0.3) is 0 Å². The topological polar surface area (TPSA) is 20.3 Å². The Hall–Kier alpha value is -1.73. The molecule has 1 aliphatic rings. The molecule has 2 rings (SSSR count). The van der Waals surface area contributed by atoms with Gasteiger partial charge in [-0.2, -0.15) is 26.3 Å². The molecule has 0 spiro atoms. The van der Waals surface area contributed by atoms with Crippen molar-refractivity contribution in [3.8, 4) is 0 Å². The quantitative estimate of drug-likeness (QED) is 0.726. The fourth-order valence-corrected chi connectivity index (χ4v) is 2.66. The molecule has 0 unspecified atom stereocenters. The third-order valence-electron chi connectivity index (χ3n) is 3.79. The van der Waals surface area contributed by atoms with Crippen LogP contribution in [0.5, 0.6) is 0 Å². The maximum atomic E-state index is 12.7. The molecule has 0 aliphatic carbocycles. The van der Waals surface area contributed by atoms with Gasteiger partial charge in [-0.3, -0.25) is 4.79 Å². The van der Waals surface area contributed by atoms with E-state index in [1.54, 1.807) is 4.90 Å². The Morgan fingerprint density at radius 1 is 0.870 bits per heavy atom. The lowest BCUT2D eigenvalue weighted by molar-refractivity contribution is -0.253. The minimum absolute atomic E-state index is 0.0961. The molecule has 1 fully saturated rings. The lowest BCUT2D eigenvalue weighted by atomic mass is 9.96. The van der Waals surface area contributed by atoms with E-state index in [2.05, 4.69) is 0 Å². The zero-order valence-corrected chi connectivity index (χ0v) is 12.0. The number of benzene rings is 1. The van der Waals surface area contributed by atoms with Gasteiger partial charge in [0.1, 0.15) is 0 Å². The van der Waals surface area contributed by atoms with Crippen molar-refractivity contribution in [3.05, 3.63) is 35.4 Å². The number of carbonyl (C=O) groups is 1. The van der Waals surface area contributed by atoms with Crippen LogP contribution < -0.4 is 0 Å². The van der Waals surface area contributed by atoms with E-state index in [-0.39, 0.29) is 11.5 Å². The molecule has 1 aromatic carbocycles. The number of amides is 1. The molecule has 23 heavy (non-hydrogen) atoms. The van der Waals surface area contributed by atoms with Gasteiger partial charge in [-0.05, 0) is 37.0 Å². The fourth-order valence-electron chi connectivity index (χ4n) is 2.66. The second kappa shape index (κ2) is 6.41. The van der Waals surface area contributed by atoms with Crippen LogP contribution >= 0.6 is 0 Å². The van der Waals surface area contributed by atoms with Crippen LogP contribution in [-0.2, 0) is 0 Å². The van der Waals surface area contributed by atoms with E-state index in [9.17, 15) is 31.1 Å². The normalized spacial score (nSPS) is 16.7. The standard InChI is InChI=1S/C15H15F6NO/c16-14(17,18)12(15(19,20)21)10-4-6-11(7-5-10)13(23)22-8-2-1-3-9-22/h4-7,12H,1-3,8-9H2. The molecule has 2 nitrogen and oxygen atoms in total. The number of hydrogen-bond donors (Lipinski definition) is 0. The molecular weight excluding hydrogens is 324 g/mol. The molecule has 1 aromatic rings. The summed E-state index contributed by atoms with van der Waals surface area (Å²) in [6.45, 7) is 1.10. The Balaban J connectivity index is 2.22. The van der Waals surface area contributed by atoms with Crippen molar-refractivity contribution >= 4 is 5.91 Å². The SMILES string of the molecule is O=C(c1ccc(C(C(F)(F)F)C(F)(F)F)cc1)N1CCCCC1. The van der Waals surface area contributed by atoms with E-state index in [1.165, 1.54) is 0 Å². The number of halogens is 6. The van der Waals surface area contributed by atoms with Gasteiger partial charge in [-0.1, -0.05) is 12.1 Å². The van der Waals surface area contributed by atoms with Gasteiger partial charge < -0.3 is 4.90 Å². The predicted molar refractivity (Wildman–Crippen MR) is 71.0 cm³/mol. The van der Waals surface area contributed by atoms with E-state index in [4.69, 9.17) is 0 Å². The number of carbonyl (C=O) groups excluding carboxylic acids is 1. The van der Waals surface area contributed by atoms with Crippen LogP contribution in [0.3, 0.4) is 0 Å².